The van der Waals surface area contributed by atoms with Crippen molar-refractivity contribution in [2.45, 2.75) is 19.1 Å². The largest absolute Gasteiger partial charge is 0.497 e. The minimum absolute atomic E-state index is 0.257. The molecule has 96 valence electrons. The lowest BCUT2D eigenvalue weighted by atomic mass is 9.96. The van der Waals surface area contributed by atoms with Crippen LogP contribution in [0, 0.1) is 0 Å². The van der Waals surface area contributed by atoms with Gasteiger partial charge in [-0.1, -0.05) is 0 Å². The lowest BCUT2D eigenvalue weighted by molar-refractivity contribution is -0.139. The van der Waals surface area contributed by atoms with Crippen molar-refractivity contribution in [3.05, 3.63) is 23.3 Å². The van der Waals surface area contributed by atoms with Crippen LogP contribution >= 0.6 is 0 Å². The maximum absolute atomic E-state index is 11.3. The van der Waals surface area contributed by atoms with Gasteiger partial charge in [-0.05, 0) is 11.6 Å². The Morgan fingerprint density at radius 2 is 2.17 bits per heavy atom. The molecule has 2 rings (SSSR count). The summed E-state index contributed by atoms with van der Waals surface area (Å²) in [4.78, 5) is 21.8. The molecule has 0 saturated heterocycles. The van der Waals surface area contributed by atoms with Crippen LogP contribution in [-0.4, -0.2) is 32.4 Å². The Kier molecular flexibility index (Phi) is 3.62. The smallest absolute Gasteiger partial charge is 0.224 e. The normalized spacial score (nSPS) is 17.8. The highest BCUT2D eigenvalue weighted by Crippen LogP contribution is 2.33. The van der Waals surface area contributed by atoms with Gasteiger partial charge in [0.2, 0.25) is 5.78 Å². The number of rotatable bonds is 4. The highest BCUT2D eigenvalue weighted by Gasteiger charge is 2.27. The van der Waals surface area contributed by atoms with Gasteiger partial charge in [0.05, 0.1) is 20.8 Å². The molecule has 1 aliphatic heterocycles. The van der Waals surface area contributed by atoms with Crippen LogP contribution in [0.1, 0.15) is 11.1 Å². The fourth-order valence-corrected chi connectivity index (χ4v) is 2.02. The first-order valence-corrected chi connectivity index (χ1v) is 5.54. The summed E-state index contributed by atoms with van der Waals surface area (Å²) in [7, 11) is 3.13. The second kappa shape index (κ2) is 5.18. The number of carbonyl (C=O) groups excluding carboxylic acids is 2. The van der Waals surface area contributed by atoms with E-state index in [1.54, 1.807) is 20.3 Å². The lowest BCUT2D eigenvalue weighted by Gasteiger charge is -2.25. The fraction of sp³-hybridized carbons (Fsp3) is 0.385. The second-order valence-electron chi connectivity index (χ2n) is 3.99. The topological polar surface area (TPSA) is 61.8 Å². The molecule has 1 aliphatic rings. The summed E-state index contributed by atoms with van der Waals surface area (Å²) in [5.74, 6) is 0.786. The van der Waals surface area contributed by atoms with Gasteiger partial charge in [-0.25, -0.2) is 0 Å². The van der Waals surface area contributed by atoms with Crippen molar-refractivity contribution in [3.8, 4) is 11.5 Å². The van der Waals surface area contributed by atoms with E-state index < -0.39 is 11.9 Å². The second-order valence-corrected chi connectivity index (χ2v) is 3.99. The number of benzene rings is 1. The molecule has 0 amide bonds. The SMILES string of the molecule is COc1cc2c(c(OC)c1)COC(C(=O)C=O)C2. The zero-order chi connectivity index (χ0) is 13.1. The summed E-state index contributed by atoms with van der Waals surface area (Å²) >= 11 is 0. The molecule has 18 heavy (non-hydrogen) atoms. The predicted molar refractivity (Wildman–Crippen MR) is 62.9 cm³/mol. The van der Waals surface area contributed by atoms with E-state index in [2.05, 4.69) is 0 Å². The maximum atomic E-state index is 11.3. The first kappa shape index (κ1) is 12.6. The molecule has 0 fully saturated rings. The van der Waals surface area contributed by atoms with Gasteiger partial charge in [0.25, 0.3) is 0 Å². The van der Waals surface area contributed by atoms with Gasteiger partial charge in [0, 0.05) is 18.1 Å². The van der Waals surface area contributed by atoms with Gasteiger partial charge in [-0.15, -0.1) is 0 Å². The van der Waals surface area contributed by atoms with Crippen LogP contribution in [0.3, 0.4) is 0 Å². The Balaban J connectivity index is 2.36. The Morgan fingerprint density at radius 1 is 1.39 bits per heavy atom. The Morgan fingerprint density at radius 3 is 2.78 bits per heavy atom. The molecule has 5 heteroatoms. The summed E-state index contributed by atoms with van der Waals surface area (Å²) in [5, 5.41) is 0. The highest BCUT2D eigenvalue weighted by molar-refractivity contribution is 6.27. The van der Waals surface area contributed by atoms with E-state index in [0.717, 1.165) is 11.1 Å². The van der Waals surface area contributed by atoms with Crippen molar-refractivity contribution in [3.63, 3.8) is 0 Å². The van der Waals surface area contributed by atoms with Crippen molar-refractivity contribution in [2.24, 2.45) is 0 Å². The number of hydrogen-bond donors (Lipinski definition) is 0. The van der Waals surface area contributed by atoms with E-state index in [-0.39, 0.29) is 6.61 Å². The zero-order valence-electron chi connectivity index (χ0n) is 10.3. The van der Waals surface area contributed by atoms with Crippen molar-refractivity contribution in [1.82, 2.24) is 0 Å². The van der Waals surface area contributed by atoms with Crippen molar-refractivity contribution in [1.29, 1.82) is 0 Å². The molecule has 1 heterocycles. The summed E-state index contributed by atoms with van der Waals surface area (Å²) in [6.45, 7) is 0.257. The van der Waals surface area contributed by atoms with Crippen molar-refractivity contribution in [2.75, 3.05) is 14.2 Å². The molecular formula is C13H14O5. The van der Waals surface area contributed by atoms with Gasteiger partial charge in [-0.3, -0.25) is 9.59 Å². The molecule has 0 saturated carbocycles. The average Bonchev–Trinajstić information content (AvgIpc) is 2.44. The third kappa shape index (κ3) is 2.22. The molecule has 1 aromatic carbocycles. The van der Waals surface area contributed by atoms with E-state index in [9.17, 15) is 9.59 Å². The minimum atomic E-state index is -0.702. The van der Waals surface area contributed by atoms with Crippen LogP contribution in [0.4, 0.5) is 0 Å². The number of carbonyl (C=O) groups is 2. The molecule has 1 aromatic rings. The summed E-state index contributed by atoms with van der Waals surface area (Å²) in [6, 6.07) is 3.61. The van der Waals surface area contributed by atoms with E-state index in [4.69, 9.17) is 14.2 Å². The third-order valence-corrected chi connectivity index (χ3v) is 3.00. The molecule has 0 radical (unpaired) electrons. The number of Topliss-reactive ketones (excluding diaryl/α,β-unsaturated/α-hetero) is 1. The number of hydrogen-bond acceptors (Lipinski definition) is 5. The van der Waals surface area contributed by atoms with Gasteiger partial charge >= 0.3 is 0 Å². The maximum Gasteiger partial charge on any atom is 0.224 e. The Bertz CT molecular complexity index is 481. The summed E-state index contributed by atoms with van der Waals surface area (Å²) in [5.41, 5.74) is 1.81. The van der Waals surface area contributed by atoms with Crippen LogP contribution < -0.4 is 9.47 Å². The fourth-order valence-electron chi connectivity index (χ4n) is 2.02. The Hall–Kier alpha value is -1.88. The van der Waals surface area contributed by atoms with Gasteiger partial charge in [-0.2, -0.15) is 0 Å². The summed E-state index contributed by atoms with van der Waals surface area (Å²) in [6.07, 6.45) is -0.0418. The molecule has 1 atom stereocenters. The van der Waals surface area contributed by atoms with Crippen LogP contribution in [-0.2, 0) is 27.4 Å². The number of methoxy groups -OCH3 is 2. The number of fused-ring (bicyclic) bond motifs is 1. The van der Waals surface area contributed by atoms with Gasteiger partial charge in [0.15, 0.2) is 6.29 Å². The van der Waals surface area contributed by atoms with E-state index in [0.29, 0.717) is 24.2 Å². The molecular weight excluding hydrogens is 236 g/mol. The molecule has 0 aromatic heterocycles. The molecule has 0 spiro atoms. The van der Waals surface area contributed by atoms with Gasteiger partial charge in [0.1, 0.15) is 17.6 Å². The monoisotopic (exact) mass is 250 g/mol. The third-order valence-electron chi connectivity index (χ3n) is 3.00. The lowest BCUT2D eigenvalue weighted by Crippen LogP contribution is -2.31. The quantitative estimate of drug-likeness (QED) is 0.587. The molecule has 0 aliphatic carbocycles. The van der Waals surface area contributed by atoms with Crippen LogP contribution in [0.5, 0.6) is 11.5 Å². The van der Waals surface area contributed by atoms with Crippen molar-refractivity contribution >= 4 is 12.1 Å². The predicted octanol–water partition coefficient (Wildman–Crippen LogP) is 0.913. The molecule has 1 unspecified atom stereocenters. The number of aldehydes is 1. The van der Waals surface area contributed by atoms with Crippen LogP contribution in [0.2, 0.25) is 0 Å². The number of ether oxygens (including phenoxy) is 3. The van der Waals surface area contributed by atoms with E-state index in [1.807, 2.05) is 6.07 Å². The molecule has 0 N–H and O–H groups in total. The van der Waals surface area contributed by atoms with Crippen LogP contribution in [0.15, 0.2) is 12.1 Å². The number of ketones is 1. The highest BCUT2D eigenvalue weighted by atomic mass is 16.5. The first-order chi connectivity index (χ1) is 8.69. The zero-order valence-corrected chi connectivity index (χ0v) is 10.3. The van der Waals surface area contributed by atoms with Crippen molar-refractivity contribution < 1.29 is 23.8 Å². The van der Waals surface area contributed by atoms with E-state index in [1.165, 1.54) is 0 Å². The molecule has 5 nitrogen and oxygen atoms in total. The van der Waals surface area contributed by atoms with Crippen LogP contribution in [0.25, 0.3) is 0 Å². The first-order valence-electron chi connectivity index (χ1n) is 5.54. The van der Waals surface area contributed by atoms with E-state index >= 15 is 0 Å². The summed E-state index contributed by atoms with van der Waals surface area (Å²) < 4.78 is 15.8. The van der Waals surface area contributed by atoms with Gasteiger partial charge < -0.3 is 14.2 Å². The standard InChI is InChI=1S/C13H14O5/c1-16-9-3-8-4-13(11(15)6-14)18-7-10(8)12(5-9)17-2/h3,5-6,13H,4,7H2,1-2H3. The minimum Gasteiger partial charge on any atom is -0.497 e. The Labute approximate surface area is 105 Å². The molecule has 0 bridgehead atoms. The average molecular weight is 250 g/mol.